The Morgan fingerprint density at radius 1 is 1.19 bits per heavy atom. The lowest BCUT2D eigenvalue weighted by atomic mass is 9.93. The highest BCUT2D eigenvalue weighted by Crippen LogP contribution is 2.32. The minimum Gasteiger partial charge on any atom is -0.496 e. The fraction of sp³-hybridized carbons (Fsp3) is 0.368. The summed E-state index contributed by atoms with van der Waals surface area (Å²) >= 11 is 0. The Morgan fingerprint density at radius 2 is 2.05 bits per heavy atom. The minimum absolute atomic E-state index is 0.922. The summed E-state index contributed by atoms with van der Waals surface area (Å²) < 4.78 is 5.60. The standard InChI is InChI=1S/C19H23NO/c1-13-10-14(2)17(18(11-13)21-3)12-16-7-4-6-15-8-5-9-20-19(15)16/h4,6-7,10-11,20H,5,8-9,12H2,1-3H3. The van der Waals surface area contributed by atoms with Crippen molar-refractivity contribution in [1.29, 1.82) is 0 Å². The van der Waals surface area contributed by atoms with Crippen LogP contribution in [0.5, 0.6) is 5.75 Å². The Bertz CT molecular complexity index is 661. The lowest BCUT2D eigenvalue weighted by molar-refractivity contribution is 0.410. The first-order chi connectivity index (χ1) is 10.2. The molecule has 0 aromatic heterocycles. The normalized spacial score (nSPS) is 13.5. The Hall–Kier alpha value is -1.96. The highest BCUT2D eigenvalue weighted by Gasteiger charge is 2.15. The van der Waals surface area contributed by atoms with Crippen LogP contribution in [-0.4, -0.2) is 13.7 Å². The van der Waals surface area contributed by atoms with Gasteiger partial charge in [0.05, 0.1) is 7.11 Å². The van der Waals surface area contributed by atoms with Gasteiger partial charge in [0.2, 0.25) is 0 Å². The van der Waals surface area contributed by atoms with Gasteiger partial charge in [-0.1, -0.05) is 24.3 Å². The van der Waals surface area contributed by atoms with E-state index in [1.165, 1.54) is 46.3 Å². The minimum atomic E-state index is 0.922. The summed E-state index contributed by atoms with van der Waals surface area (Å²) in [6, 6.07) is 11.0. The Labute approximate surface area is 127 Å². The maximum Gasteiger partial charge on any atom is 0.122 e. The molecule has 0 atom stereocenters. The van der Waals surface area contributed by atoms with Crippen LogP contribution < -0.4 is 10.1 Å². The average Bonchev–Trinajstić information content (AvgIpc) is 2.50. The van der Waals surface area contributed by atoms with Crippen LogP contribution in [0.4, 0.5) is 5.69 Å². The molecule has 0 aliphatic carbocycles. The van der Waals surface area contributed by atoms with Crippen molar-refractivity contribution in [2.45, 2.75) is 33.1 Å². The molecule has 1 heterocycles. The van der Waals surface area contributed by atoms with E-state index >= 15 is 0 Å². The van der Waals surface area contributed by atoms with Crippen molar-refractivity contribution in [2.24, 2.45) is 0 Å². The third-order valence-electron chi connectivity index (χ3n) is 4.33. The number of methoxy groups -OCH3 is 1. The van der Waals surface area contributed by atoms with Crippen molar-refractivity contribution in [3.8, 4) is 5.75 Å². The predicted molar refractivity (Wildman–Crippen MR) is 88.5 cm³/mol. The third-order valence-corrected chi connectivity index (χ3v) is 4.33. The number of hydrogen-bond acceptors (Lipinski definition) is 2. The molecule has 2 aromatic rings. The molecule has 0 fully saturated rings. The second kappa shape index (κ2) is 5.80. The maximum atomic E-state index is 5.60. The molecule has 2 heteroatoms. The van der Waals surface area contributed by atoms with Crippen molar-refractivity contribution < 1.29 is 4.74 Å². The average molecular weight is 281 g/mol. The van der Waals surface area contributed by atoms with E-state index in [9.17, 15) is 0 Å². The summed E-state index contributed by atoms with van der Waals surface area (Å²) in [7, 11) is 1.76. The smallest absolute Gasteiger partial charge is 0.122 e. The molecule has 1 aliphatic rings. The molecular formula is C19H23NO. The highest BCUT2D eigenvalue weighted by atomic mass is 16.5. The lowest BCUT2D eigenvalue weighted by Crippen LogP contribution is -2.14. The molecule has 110 valence electrons. The van der Waals surface area contributed by atoms with Crippen molar-refractivity contribution in [2.75, 3.05) is 19.0 Å². The van der Waals surface area contributed by atoms with Crippen molar-refractivity contribution in [1.82, 2.24) is 0 Å². The van der Waals surface area contributed by atoms with E-state index in [4.69, 9.17) is 4.74 Å². The van der Waals surface area contributed by atoms with Gasteiger partial charge in [-0.05, 0) is 55.0 Å². The van der Waals surface area contributed by atoms with Gasteiger partial charge < -0.3 is 10.1 Å². The number of fused-ring (bicyclic) bond motifs is 1. The molecule has 0 radical (unpaired) electrons. The molecule has 1 N–H and O–H groups in total. The molecule has 2 aromatic carbocycles. The summed E-state index contributed by atoms with van der Waals surface area (Å²) in [5.74, 6) is 1.00. The van der Waals surface area contributed by atoms with Crippen LogP contribution in [0, 0.1) is 13.8 Å². The zero-order valence-corrected chi connectivity index (χ0v) is 13.1. The fourth-order valence-electron chi connectivity index (χ4n) is 3.29. The van der Waals surface area contributed by atoms with E-state index in [0.29, 0.717) is 0 Å². The number of para-hydroxylation sites is 1. The molecule has 0 saturated heterocycles. The van der Waals surface area contributed by atoms with E-state index in [-0.39, 0.29) is 0 Å². The first kappa shape index (κ1) is 14.0. The van der Waals surface area contributed by atoms with Crippen LogP contribution in [0.15, 0.2) is 30.3 Å². The highest BCUT2D eigenvalue weighted by molar-refractivity contribution is 5.61. The summed E-state index contributed by atoms with van der Waals surface area (Å²) in [5, 5.41) is 3.58. The molecule has 1 aliphatic heterocycles. The maximum absolute atomic E-state index is 5.60. The second-order valence-electron chi connectivity index (χ2n) is 5.92. The summed E-state index contributed by atoms with van der Waals surface area (Å²) in [4.78, 5) is 0. The molecule has 2 nitrogen and oxygen atoms in total. The molecule has 0 unspecified atom stereocenters. The van der Waals surface area contributed by atoms with Crippen LogP contribution in [-0.2, 0) is 12.8 Å². The van der Waals surface area contributed by atoms with Crippen LogP contribution in [0.2, 0.25) is 0 Å². The number of anilines is 1. The fourth-order valence-corrected chi connectivity index (χ4v) is 3.29. The monoisotopic (exact) mass is 281 g/mol. The largest absolute Gasteiger partial charge is 0.496 e. The number of rotatable bonds is 3. The van der Waals surface area contributed by atoms with Gasteiger partial charge in [-0.25, -0.2) is 0 Å². The zero-order chi connectivity index (χ0) is 14.8. The second-order valence-corrected chi connectivity index (χ2v) is 5.92. The van der Waals surface area contributed by atoms with Gasteiger partial charge in [-0.15, -0.1) is 0 Å². The first-order valence-corrected chi connectivity index (χ1v) is 7.68. The SMILES string of the molecule is COc1cc(C)cc(C)c1Cc1cccc2c1NCCC2. The molecule has 0 bridgehead atoms. The van der Waals surface area contributed by atoms with Crippen molar-refractivity contribution in [3.63, 3.8) is 0 Å². The van der Waals surface area contributed by atoms with E-state index in [0.717, 1.165) is 18.7 Å². The van der Waals surface area contributed by atoms with Gasteiger partial charge in [0.1, 0.15) is 5.75 Å². The van der Waals surface area contributed by atoms with Gasteiger partial charge in [-0.3, -0.25) is 0 Å². The summed E-state index contributed by atoms with van der Waals surface area (Å²) in [6.45, 7) is 5.37. The van der Waals surface area contributed by atoms with Crippen LogP contribution in [0.1, 0.15) is 34.2 Å². The molecule has 0 spiro atoms. The molecular weight excluding hydrogens is 258 g/mol. The molecule has 0 amide bonds. The molecule has 21 heavy (non-hydrogen) atoms. The van der Waals surface area contributed by atoms with Gasteiger partial charge in [0.15, 0.2) is 0 Å². The van der Waals surface area contributed by atoms with E-state index in [1.807, 2.05) is 0 Å². The third kappa shape index (κ3) is 2.76. The summed E-state index contributed by atoms with van der Waals surface area (Å²) in [5.41, 5.74) is 8.01. The quantitative estimate of drug-likeness (QED) is 0.907. The molecule has 3 rings (SSSR count). The van der Waals surface area contributed by atoms with Gasteiger partial charge in [-0.2, -0.15) is 0 Å². The number of hydrogen-bond donors (Lipinski definition) is 1. The van der Waals surface area contributed by atoms with Crippen molar-refractivity contribution in [3.05, 3.63) is 58.1 Å². The van der Waals surface area contributed by atoms with Gasteiger partial charge in [0, 0.05) is 24.2 Å². The summed E-state index contributed by atoms with van der Waals surface area (Å²) in [6.07, 6.45) is 3.33. The Balaban J connectivity index is 2.01. The lowest BCUT2D eigenvalue weighted by Gasteiger charge is -2.22. The zero-order valence-electron chi connectivity index (χ0n) is 13.1. The Morgan fingerprint density at radius 3 is 2.86 bits per heavy atom. The number of nitrogens with one attached hydrogen (secondary N) is 1. The number of ether oxygens (including phenoxy) is 1. The van der Waals surface area contributed by atoms with E-state index in [2.05, 4.69) is 49.5 Å². The van der Waals surface area contributed by atoms with Crippen LogP contribution >= 0.6 is 0 Å². The van der Waals surface area contributed by atoms with Crippen molar-refractivity contribution >= 4 is 5.69 Å². The predicted octanol–water partition coefficient (Wildman–Crippen LogP) is 4.26. The van der Waals surface area contributed by atoms with E-state index in [1.54, 1.807) is 7.11 Å². The van der Waals surface area contributed by atoms with Gasteiger partial charge in [0.25, 0.3) is 0 Å². The number of aryl methyl sites for hydroxylation is 3. The van der Waals surface area contributed by atoms with E-state index < -0.39 is 0 Å². The van der Waals surface area contributed by atoms with Crippen LogP contribution in [0.3, 0.4) is 0 Å². The topological polar surface area (TPSA) is 21.3 Å². The number of benzene rings is 2. The molecule has 0 saturated carbocycles. The first-order valence-electron chi connectivity index (χ1n) is 7.68. The van der Waals surface area contributed by atoms with Crippen LogP contribution in [0.25, 0.3) is 0 Å². The van der Waals surface area contributed by atoms with Gasteiger partial charge >= 0.3 is 0 Å². The Kier molecular flexibility index (Phi) is 3.87.